The first kappa shape index (κ1) is 15.0. The number of likely N-dealkylation sites (N-methyl/N-ethyl adjacent to an activating group) is 1. The molecule has 1 aromatic heterocycles. The molecule has 1 aliphatic carbocycles. The third-order valence-electron chi connectivity index (χ3n) is 3.66. The summed E-state index contributed by atoms with van der Waals surface area (Å²) in [7, 11) is 2.07. The van der Waals surface area contributed by atoms with Crippen molar-refractivity contribution in [3.05, 3.63) is 17.7 Å². The van der Waals surface area contributed by atoms with Gasteiger partial charge in [-0.1, -0.05) is 0 Å². The predicted octanol–water partition coefficient (Wildman–Crippen LogP) is 2.69. The van der Waals surface area contributed by atoms with E-state index in [9.17, 15) is 8.78 Å². The minimum atomic E-state index is -0.668. The quantitative estimate of drug-likeness (QED) is 0.807. The van der Waals surface area contributed by atoms with Crippen molar-refractivity contribution in [2.24, 2.45) is 0 Å². The number of hydrogen-bond acceptors (Lipinski definition) is 4. The lowest BCUT2D eigenvalue weighted by atomic mass is 10.3. The normalized spacial score (nSPS) is 16.3. The first-order chi connectivity index (χ1) is 9.52. The highest BCUT2D eigenvalue weighted by molar-refractivity contribution is 5.47. The summed E-state index contributed by atoms with van der Waals surface area (Å²) < 4.78 is 27.1. The molecule has 20 heavy (non-hydrogen) atoms. The average molecular weight is 284 g/mol. The van der Waals surface area contributed by atoms with Crippen LogP contribution in [0.3, 0.4) is 0 Å². The molecule has 2 N–H and O–H groups in total. The standard InChI is InChI=1S/C14H22F2N4/c1-4-17-13-11(15)7-12(16)14(19-13)18-8-9(2)20(3)10-5-6-10/h7,9-10H,4-6,8H2,1-3H3,(H2,17,18,19). The van der Waals surface area contributed by atoms with Gasteiger partial charge in [0.05, 0.1) is 0 Å². The molecule has 0 bridgehead atoms. The number of rotatable bonds is 7. The third-order valence-corrected chi connectivity index (χ3v) is 3.66. The van der Waals surface area contributed by atoms with Crippen LogP contribution in [-0.2, 0) is 0 Å². The Bertz CT molecular complexity index is 463. The van der Waals surface area contributed by atoms with E-state index in [0.29, 0.717) is 19.1 Å². The molecular weight excluding hydrogens is 262 g/mol. The molecule has 2 rings (SSSR count). The number of halogens is 2. The number of nitrogens with one attached hydrogen (secondary N) is 2. The SMILES string of the molecule is CCNc1nc(NCC(C)N(C)C2CC2)c(F)cc1F. The summed E-state index contributed by atoms with van der Waals surface area (Å²) in [5, 5.41) is 5.75. The Morgan fingerprint density at radius 2 is 1.90 bits per heavy atom. The Labute approximate surface area is 118 Å². The zero-order chi connectivity index (χ0) is 14.7. The monoisotopic (exact) mass is 284 g/mol. The van der Waals surface area contributed by atoms with Crippen LogP contribution in [0.4, 0.5) is 20.4 Å². The average Bonchev–Trinajstić information content (AvgIpc) is 3.24. The lowest BCUT2D eigenvalue weighted by Gasteiger charge is -2.25. The molecule has 1 aliphatic rings. The number of aromatic nitrogens is 1. The van der Waals surface area contributed by atoms with Gasteiger partial charge >= 0.3 is 0 Å². The summed E-state index contributed by atoms with van der Waals surface area (Å²) in [4.78, 5) is 6.24. The van der Waals surface area contributed by atoms with Crippen molar-refractivity contribution in [3.63, 3.8) is 0 Å². The van der Waals surface area contributed by atoms with Gasteiger partial charge in [-0.05, 0) is 33.7 Å². The van der Waals surface area contributed by atoms with Gasteiger partial charge in [0.1, 0.15) is 0 Å². The van der Waals surface area contributed by atoms with Gasteiger partial charge in [0.2, 0.25) is 0 Å². The second kappa shape index (κ2) is 6.35. The molecule has 0 aliphatic heterocycles. The van der Waals surface area contributed by atoms with Crippen LogP contribution in [0.15, 0.2) is 6.07 Å². The van der Waals surface area contributed by atoms with E-state index in [4.69, 9.17) is 0 Å². The number of anilines is 2. The maximum absolute atomic E-state index is 13.7. The van der Waals surface area contributed by atoms with Crippen molar-refractivity contribution in [1.82, 2.24) is 9.88 Å². The van der Waals surface area contributed by atoms with Gasteiger partial charge in [-0.25, -0.2) is 13.8 Å². The maximum Gasteiger partial charge on any atom is 0.168 e. The van der Waals surface area contributed by atoms with Crippen molar-refractivity contribution in [2.45, 2.75) is 38.8 Å². The number of nitrogens with zero attached hydrogens (tertiary/aromatic N) is 2. The van der Waals surface area contributed by atoms with E-state index in [0.717, 1.165) is 6.07 Å². The number of pyridine rings is 1. The highest BCUT2D eigenvalue weighted by Gasteiger charge is 2.29. The second-order valence-electron chi connectivity index (χ2n) is 5.31. The van der Waals surface area contributed by atoms with Crippen LogP contribution in [-0.4, -0.2) is 42.1 Å². The summed E-state index contributed by atoms with van der Waals surface area (Å²) in [5.41, 5.74) is 0. The first-order valence-electron chi connectivity index (χ1n) is 7.08. The van der Waals surface area contributed by atoms with Gasteiger partial charge in [-0.3, -0.25) is 4.90 Å². The van der Waals surface area contributed by atoms with E-state index in [1.165, 1.54) is 12.8 Å². The van der Waals surface area contributed by atoms with Gasteiger partial charge in [-0.15, -0.1) is 0 Å². The molecule has 1 unspecified atom stereocenters. The molecule has 6 heteroatoms. The van der Waals surface area contributed by atoms with Crippen molar-refractivity contribution >= 4 is 11.6 Å². The van der Waals surface area contributed by atoms with E-state index < -0.39 is 11.6 Å². The van der Waals surface area contributed by atoms with Crippen LogP contribution in [0.2, 0.25) is 0 Å². The fraction of sp³-hybridized carbons (Fsp3) is 0.643. The molecular formula is C14H22F2N4. The van der Waals surface area contributed by atoms with Crippen molar-refractivity contribution in [2.75, 3.05) is 30.8 Å². The zero-order valence-electron chi connectivity index (χ0n) is 12.2. The summed E-state index contributed by atoms with van der Waals surface area (Å²) in [6.45, 7) is 5.03. The molecule has 0 spiro atoms. The van der Waals surface area contributed by atoms with E-state index in [1.807, 2.05) is 6.92 Å². The van der Waals surface area contributed by atoms with E-state index in [1.54, 1.807) is 0 Å². The molecule has 1 saturated carbocycles. The van der Waals surface area contributed by atoms with Gasteiger partial charge in [0.25, 0.3) is 0 Å². The second-order valence-corrected chi connectivity index (χ2v) is 5.31. The summed E-state index contributed by atoms with van der Waals surface area (Å²) in [6, 6.07) is 1.79. The topological polar surface area (TPSA) is 40.2 Å². The zero-order valence-corrected chi connectivity index (χ0v) is 12.2. The van der Waals surface area contributed by atoms with Gasteiger partial charge in [-0.2, -0.15) is 0 Å². The van der Waals surface area contributed by atoms with Gasteiger partial charge < -0.3 is 10.6 Å². The van der Waals surface area contributed by atoms with Crippen LogP contribution >= 0.6 is 0 Å². The first-order valence-corrected chi connectivity index (χ1v) is 7.08. The molecule has 0 amide bonds. The summed E-state index contributed by atoms with van der Waals surface area (Å²) >= 11 is 0. The minimum absolute atomic E-state index is 0.0830. The fourth-order valence-electron chi connectivity index (χ4n) is 2.11. The molecule has 1 aromatic rings. The highest BCUT2D eigenvalue weighted by Crippen LogP contribution is 2.27. The van der Waals surface area contributed by atoms with Crippen LogP contribution in [0, 0.1) is 11.6 Å². The molecule has 1 fully saturated rings. The molecule has 1 atom stereocenters. The fourth-order valence-corrected chi connectivity index (χ4v) is 2.11. The summed E-state index contributed by atoms with van der Waals surface area (Å²) in [6.07, 6.45) is 2.46. The van der Waals surface area contributed by atoms with Crippen molar-refractivity contribution in [1.29, 1.82) is 0 Å². The Hall–Kier alpha value is -1.43. The molecule has 0 aromatic carbocycles. The molecule has 0 radical (unpaired) electrons. The van der Waals surface area contributed by atoms with Crippen LogP contribution in [0.5, 0.6) is 0 Å². The Balaban J connectivity index is 1.99. The van der Waals surface area contributed by atoms with Crippen molar-refractivity contribution < 1.29 is 8.78 Å². The third kappa shape index (κ3) is 3.56. The van der Waals surface area contributed by atoms with Crippen LogP contribution < -0.4 is 10.6 Å². The van der Waals surface area contributed by atoms with Gasteiger partial charge in [0.15, 0.2) is 23.3 Å². The smallest absolute Gasteiger partial charge is 0.168 e. The Morgan fingerprint density at radius 3 is 2.45 bits per heavy atom. The van der Waals surface area contributed by atoms with E-state index in [2.05, 4.69) is 34.5 Å². The summed E-state index contributed by atoms with van der Waals surface area (Å²) in [5.74, 6) is -1.15. The van der Waals surface area contributed by atoms with E-state index in [-0.39, 0.29) is 17.7 Å². The highest BCUT2D eigenvalue weighted by atomic mass is 19.1. The lowest BCUT2D eigenvalue weighted by molar-refractivity contribution is 0.257. The van der Waals surface area contributed by atoms with Crippen LogP contribution in [0.1, 0.15) is 26.7 Å². The Morgan fingerprint density at radius 1 is 1.30 bits per heavy atom. The molecule has 0 saturated heterocycles. The Kier molecular flexibility index (Phi) is 4.75. The molecule has 4 nitrogen and oxygen atoms in total. The van der Waals surface area contributed by atoms with E-state index >= 15 is 0 Å². The molecule has 112 valence electrons. The predicted molar refractivity (Wildman–Crippen MR) is 77.1 cm³/mol. The maximum atomic E-state index is 13.7. The van der Waals surface area contributed by atoms with Gasteiger partial charge in [0, 0.05) is 31.2 Å². The minimum Gasteiger partial charge on any atom is -0.368 e. The lowest BCUT2D eigenvalue weighted by Crippen LogP contribution is -2.36. The van der Waals surface area contributed by atoms with Crippen molar-refractivity contribution in [3.8, 4) is 0 Å². The largest absolute Gasteiger partial charge is 0.368 e. The van der Waals surface area contributed by atoms with Crippen LogP contribution in [0.25, 0.3) is 0 Å². The number of hydrogen-bond donors (Lipinski definition) is 2. The molecule has 1 heterocycles.